The molecule has 0 fully saturated rings. The summed E-state index contributed by atoms with van der Waals surface area (Å²) in [6.45, 7) is -0.421. The monoisotopic (exact) mass is 214 g/mol. The van der Waals surface area contributed by atoms with Crippen molar-refractivity contribution in [2.24, 2.45) is 0 Å². The molecule has 0 unspecified atom stereocenters. The number of carbonyl (C=O) groups excluding carboxylic acids is 1. The van der Waals surface area contributed by atoms with Crippen molar-refractivity contribution in [2.45, 2.75) is 13.1 Å². The molecule has 0 rings (SSSR count). The number of imide groups is 1. The number of nitrogens with zero attached hydrogens (tertiary/aromatic N) is 1. The molecule has 0 heterocycles. The highest BCUT2D eigenvalue weighted by Gasteiger charge is 2.29. The van der Waals surface area contributed by atoms with Gasteiger partial charge >= 0.3 is 18.3 Å². The van der Waals surface area contributed by atoms with E-state index in [4.69, 9.17) is 5.11 Å². The predicted octanol–water partition coefficient (Wildman–Crippen LogP) is 1.26. The molecule has 0 aliphatic rings. The van der Waals surface area contributed by atoms with Gasteiger partial charge in [0.2, 0.25) is 0 Å². The Morgan fingerprint density at radius 2 is 1.93 bits per heavy atom. The maximum absolute atomic E-state index is 11.6. The lowest BCUT2D eigenvalue weighted by molar-refractivity contribution is -0.123. The number of nitrogens with one attached hydrogen (secondary N) is 1. The Morgan fingerprint density at radius 3 is 2.21 bits per heavy atom. The third-order valence-electron chi connectivity index (χ3n) is 1.23. The van der Waals surface area contributed by atoms with E-state index in [1.807, 2.05) is 0 Å². The minimum atomic E-state index is -4.55. The molecule has 0 bridgehead atoms. The number of halogens is 3. The second-order valence-corrected chi connectivity index (χ2v) is 2.30. The van der Waals surface area contributed by atoms with E-state index in [9.17, 15) is 22.8 Å². The topological polar surface area (TPSA) is 69.6 Å². The third kappa shape index (κ3) is 4.53. The lowest BCUT2D eigenvalue weighted by Gasteiger charge is -2.16. The fourth-order valence-electron chi connectivity index (χ4n) is 0.637. The van der Waals surface area contributed by atoms with Crippen molar-refractivity contribution in [3.8, 4) is 0 Å². The Kier molecular flexibility index (Phi) is 4.19. The molecule has 2 N–H and O–H groups in total. The smallest absolute Gasteiger partial charge is 0.415 e. The van der Waals surface area contributed by atoms with Crippen LogP contribution in [0.3, 0.4) is 0 Å². The fraction of sp³-hybridized carbons (Fsp3) is 0.667. The van der Waals surface area contributed by atoms with Gasteiger partial charge in [0.05, 0.1) is 0 Å². The van der Waals surface area contributed by atoms with Crippen LogP contribution in [0.15, 0.2) is 0 Å². The first-order valence-corrected chi connectivity index (χ1v) is 3.63. The maximum atomic E-state index is 11.6. The van der Waals surface area contributed by atoms with E-state index in [-0.39, 0.29) is 11.4 Å². The zero-order valence-electron chi connectivity index (χ0n) is 7.26. The first kappa shape index (κ1) is 12.5. The average molecular weight is 214 g/mol. The summed E-state index contributed by atoms with van der Waals surface area (Å²) in [5.74, 6) is 0. The summed E-state index contributed by atoms with van der Waals surface area (Å²) in [5.41, 5.74) is 0. The Balaban J connectivity index is 4.13. The number of urea groups is 1. The fourth-order valence-corrected chi connectivity index (χ4v) is 0.637. The van der Waals surface area contributed by atoms with Crippen molar-refractivity contribution >= 4 is 12.1 Å². The van der Waals surface area contributed by atoms with Gasteiger partial charge in [-0.15, -0.1) is 0 Å². The summed E-state index contributed by atoms with van der Waals surface area (Å²) in [6.07, 6.45) is -6.14. The van der Waals surface area contributed by atoms with Crippen LogP contribution in [0.1, 0.15) is 6.92 Å². The van der Waals surface area contributed by atoms with Gasteiger partial charge in [0.25, 0.3) is 0 Å². The highest BCUT2D eigenvalue weighted by molar-refractivity contribution is 5.89. The van der Waals surface area contributed by atoms with Gasteiger partial charge in [-0.25, -0.2) is 14.5 Å². The van der Waals surface area contributed by atoms with Crippen LogP contribution in [0.25, 0.3) is 0 Å². The number of hydrogen-bond donors (Lipinski definition) is 2. The third-order valence-corrected chi connectivity index (χ3v) is 1.23. The molecule has 14 heavy (non-hydrogen) atoms. The number of carboxylic acid groups (broad SMARTS) is 1. The highest BCUT2D eigenvalue weighted by atomic mass is 19.4. The van der Waals surface area contributed by atoms with Crippen LogP contribution in [-0.4, -0.2) is 41.4 Å². The molecule has 0 aromatic carbocycles. The van der Waals surface area contributed by atoms with Gasteiger partial charge in [-0.2, -0.15) is 13.2 Å². The van der Waals surface area contributed by atoms with E-state index < -0.39 is 24.8 Å². The summed E-state index contributed by atoms with van der Waals surface area (Å²) in [4.78, 5) is 21.3. The first-order chi connectivity index (χ1) is 6.28. The summed E-state index contributed by atoms with van der Waals surface area (Å²) >= 11 is 0. The molecule has 0 aromatic heterocycles. The quantitative estimate of drug-likeness (QED) is 0.726. The highest BCUT2D eigenvalue weighted by Crippen LogP contribution is 2.12. The molecule has 5 nitrogen and oxygen atoms in total. The van der Waals surface area contributed by atoms with Gasteiger partial charge in [0.15, 0.2) is 0 Å². The van der Waals surface area contributed by atoms with Crippen molar-refractivity contribution in [3.05, 3.63) is 0 Å². The van der Waals surface area contributed by atoms with E-state index in [1.54, 1.807) is 0 Å². The van der Waals surface area contributed by atoms with Crippen LogP contribution in [0.4, 0.5) is 22.8 Å². The maximum Gasteiger partial charge on any atom is 0.415 e. The van der Waals surface area contributed by atoms with Crippen LogP contribution in [0.5, 0.6) is 0 Å². The lowest BCUT2D eigenvalue weighted by atomic mass is 10.6. The SMILES string of the molecule is CCN(C(=O)O)C(=O)NCC(F)(F)F. The number of alkyl halides is 3. The molecule has 0 aliphatic heterocycles. The predicted molar refractivity (Wildman–Crippen MR) is 39.9 cm³/mol. The lowest BCUT2D eigenvalue weighted by Crippen LogP contribution is -2.45. The minimum absolute atomic E-state index is 0.209. The molecule has 3 amide bonds. The summed E-state index contributed by atoms with van der Waals surface area (Å²) in [6, 6.07) is -1.28. The molecule has 82 valence electrons. The standard InChI is InChI=1S/C6H9F3N2O3/c1-2-11(5(13)14)4(12)10-3-6(7,8)9/h2-3H2,1H3,(H,10,12)(H,13,14). The molecule has 0 saturated carbocycles. The van der Waals surface area contributed by atoms with Crippen molar-refractivity contribution in [1.29, 1.82) is 0 Å². The number of hydrogen-bond acceptors (Lipinski definition) is 2. The molecule has 0 atom stereocenters. The van der Waals surface area contributed by atoms with Gasteiger partial charge in [-0.3, -0.25) is 0 Å². The molecular weight excluding hydrogens is 205 g/mol. The van der Waals surface area contributed by atoms with E-state index in [2.05, 4.69) is 0 Å². The van der Waals surface area contributed by atoms with E-state index in [0.29, 0.717) is 0 Å². The Morgan fingerprint density at radius 1 is 1.43 bits per heavy atom. The van der Waals surface area contributed by atoms with Gasteiger partial charge in [-0.05, 0) is 6.92 Å². The first-order valence-electron chi connectivity index (χ1n) is 3.63. The zero-order chi connectivity index (χ0) is 11.4. The normalized spacial score (nSPS) is 10.9. The van der Waals surface area contributed by atoms with Crippen molar-refractivity contribution in [3.63, 3.8) is 0 Å². The van der Waals surface area contributed by atoms with Crippen molar-refractivity contribution < 1.29 is 27.9 Å². The van der Waals surface area contributed by atoms with E-state index in [1.165, 1.54) is 12.2 Å². The Labute approximate surface area is 77.5 Å². The molecule has 8 heteroatoms. The molecular formula is C6H9F3N2O3. The Bertz CT molecular complexity index is 229. The molecule has 0 saturated heterocycles. The van der Waals surface area contributed by atoms with Crippen molar-refractivity contribution in [2.75, 3.05) is 13.1 Å². The van der Waals surface area contributed by atoms with Crippen LogP contribution >= 0.6 is 0 Å². The average Bonchev–Trinajstić information content (AvgIpc) is 2.00. The summed E-state index contributed by atoms with van der Waals surface area (Å²) < 4.78 is 34.8. The van der Waals surface area contributed by atoms with Gasteiger partial charge in [0, 0.05) is 6.54 Å². The van der Waals surface area contributed by atoms with Gasteiger partial charge < -0.3 is 10.4 Å². The Hall–Kier alpha value is -1.47. The zero-order valence-corrected chi connectivity index (χ0v) is 7.26. The van der Waals surface area contributed by atoms with Crippen LogP contribution in [-0.2, 0) is 0 Å². The van der Waals surface area contributed by atoms with Gasteiger partial charge in [-0.1, -0.05) is 0 Å². The number of amides is 3. The number of rotatable bonds is 2. The molecule has 0 spiro atoms. The molecule has 0 aromatic rings. The van der Waals surface area contributed by atoms with Crippen molar-refractivity contribution in [1.82, 2.24) is 10.2 Å². The van der Waals surface area contributed by atoms with Crippen LogP contribution in [0, 0.1) is 0 Å². The summed E-state index contributed by atoms with van der Waals surface area (Å²) in [5, 5.41) is 9.79. The molecule has 0 radical (unpaired) electrons. The second-order valence-electron chi connectivity index (χ2n) is 2.30. The van der Waals surface area contributed by atoms with Crippen LogP contribution < -0.4 is 5.32 Å². The van der Waals surface area contributed by atoms with E-state index in [0.717, 1.165) is 0 Å². The second kappa shape index (κ2) is 4.68. The minimum Gasteiger partial charge on any atom is -0.465 e. The van der Waals surface area contributed by atoms with Crippen LogP contribution in [0.2, 0.25) is 0 Å². The van der Waals surface area contributed by atoms with Gasteiger partial charge in [0.1, 0.15) is 6.54 Å². The number of carbonyl (C=O) groups is 2. The van der Waals surface area contributed by atoms with E-state index >= 15 is 0 Å². The summed E-state index contributed by atoms with van der Waals surface area (Å²) in [7, 11) is 0. The largest absolute Gasteiger partial charge is 0.465 e. The molecule has 0 aliphatic carbocycles.